The minimum absolute atomic E-state index is 0.197. The lowest BCUT2D eigenvalue weighted by Crippen LogP contribution is -2.42. The standard InChI is InChI=1S/C15H23N3OS/c1-10-14(7-16-11-4-5-11)20-15(17-10)13-8-18-6-2-3-12(18)9-19-13/h11-13,16H,2-9H2,1H3. The molecule has 4 rings (SSSR count). The van der Waals surface area contributed by atoms with E-state index in [4.69, 9.17) is 9.72 Å². The number of hydrogen-bond acceptors (Lipinski definition) is 5. The molecule has 2 atom stereocenters. The van der Waals surface area contributed by atoms with E-state index in [0.717, 1.165) is 25.7 Å². The van der Waals surface area contributed by atoms with Crippen LogP contribution >= 0.6 is 11.3 Å². The average Bonchev–Trinajstić information content (AvgIpc) is 3.03. The first-order chi connectivity index (χ1) is 9.79. The largest absolute Gasteiger partial charge is 0.368 e. The van der Waals surface area contributed by atoms with Gasteiger partial charge in [-0.1, -0.05) is 0 Å². The van der Waals surface area contributed by atoms with Gasteiger partial charge < -0.3 is 10.1 Å². The van der Waals surface area contributed by atoms with Crippen molar-refractivity contribution in [3.05, 3.63) is 15.6 Å². The molecule has 3 heterocycles. The van der Waals surface area contributed by atoms with Gasteiger partial charge in [-0.2, -0.15) is 0 Å². The molecule has 0 radical (unpaired) electrons. The van der Waals surface area contributed by atoms with E-state index in [-0.39, 0.29) is 6.10 Å². The van der Waals surface area contributed by atoms with E-state index in [9.17, 15) is 0 Å². The van der Waals surface area contributed by atoms with Crippen LogP contribution < -0.4 is 5.32 Å². The molecule has 0 amide bonds. The number of aromatic nitrogens is 1. The van der Waals surface area contributed by atoms with Crippen molar-refractivity contribution in [2.45, 2.75) is 57.3 Å². The van der Waals surface area contributed by atoms with E-state index < -0.39 is 0 Å². The summed E-state index contributed by atoms with van der Waals surface area (Å²) < 4.78 is 6.07. The molecule has 3 aliphatic rings. The fourth-order valence-corrected chi connectivity index (χ4v) is 4.30. The number of fused-ring (bicyclic) bond motifs is 1. The van der Waals surface area contributed by atoms with Crippen LogP contribution in [0.1, 0.15) is 47.4 Å². The Bertz CT molecular complexity index is 485. The third-order valence-electron chi connectivity index (χ3n) is 4.70. The van der Waals surface area contributed by atoms with Crippen molar-refractivity contribution < 1.29 is 4.74 Å². The van der Waals surface area contributed by atoms with Crippen LogP contribution in [0, 0.1) is 6.92 Å². The first-order valence-corrected chi connectivity index (χ1v) is 8.66. The van der Waals surface area contributed by atoms with Gasteiger partial charge in [-0.25, -0.2) is 4.98 Å². The van der Waals surface area contributed by atoms with Gasteiger partial charge in [0, 0.05) is 30.1 Å². The summed E-state index contributed by atoms with van der Waals surface area (Å²) in [5.41, 5.74) is 1.19. The summed E-state index contributed by atoms with van der Waals surface area (Å²) in [4.78, 5) is 8.75. The molecule has 5 heteroatoms. The molecule has 1 aliphatic carbocycles. The first kappa shape index (κ1) is 13.2. The highest BCUT2D eigenvalue weighted by molar-refractivity contribution is 7.11. The third-order valence-corrected chi connectivity index (χ3v) is 5.95. The Balaban J connectivity index is 1.43. The molecule has 1 aromatic heterocycles. The van der Waals surface area contributed by atoms with Crippen LogP contribution in [0.3, 0.4) is 0 Å². The van der Waals surface area contributed by atoms with Crippen LogP contribution in [-0.4, -0.2) is 41.7 Å². The molecule has 1 saturated carbocycles. The summed E-state index contributed by atoms with van der Waals surface area (Å²) >= 11 is 1.84. The monoisotopic (exact) mass is 293 g/mol. The predicted octanol–water partition coefficient (Wildman–Crippen LogP) is 2.24. The minimum Gasteiger partial charge on any atom is -0.368 e. The van der Waals surface area contributed by atoms with Gasteiger partial charge in [0.1, 0.15) is 11.1 Å². The molecular formula is C15H23N3OS. The van der Waals surface area contributed by atoms with E-state index in [1.54, 1.807) is 0 Å². The molecular weight excluding hydrogens is 270 g/mol. The van der Waals surface area contributed by atoms with Crippen LogP contribution in [0.2, 0.25) is 0 Å². The Morgan fingerprint density at radius 1 is 1.40 bits per heavy atom. The second kappa shape index (κ2) is 5.37. The fraction of sp³-hybridized carbons (Fsp3) is 0.800. The quantitative estimate of drug-likeness (QED) is 0.924. The number of nitrogens with zero attached hydrogens (tertiary/aromatic N) is 2. The number of morpholine rings is 1. The highest BCUT2D eigenvalue weighted by atomic mass is 32.1. The van der Waals surface area contributed by atoms with Crippen LogP contribution in [0.15, 0.2) is 0 Å². The van der Waals surface area contributed by atoms with Crippen molar-refractivity contribution >= 4 is 11.3 Å². The molecule has 3 fully saturated rings. The Labute approximate surface area is 124 Å². The van der Waals surface area contributed by atoms with E-state index in [1.807, 2.05) is 11.3 Å². The van der Waals surface area contributed by atoms with Gasteiger partial charge in [0.05, 0.1) is 12.3 Å². The molecule has 4 nitrogen and oxygen atoms in total. The lowest BCUT2D eigenvalue weighted by Gasteiger charge is -2.34. The number of nitrogens with one attached hydrogen (secondary N) is 1. The smallest absolute Gasteiger partial charge is 0.123 e. The average molecular weight is 293 g/mol. The molecule has 2 aliphatic heterocycles. The van der Waals surface area contributed by atoms with Crippen LogP contribution in [0.4, 0.5) is 0 Å². The van der Waals surface area contributed by atoms with Gasteiger partial charge in [-0.15, -0.1) is 11.3 Å². The van der Waals surface area contributed by atoms with Crippen molar-refractivity contribution in [2.75, 3.05) is 19.7 Å². The number of rotatable bonds is 4. The first-order valence-electron chi connectivity index (χ1n) is 7.85. The summed E-state index contributed by atoms with van der Waals surface area (Å²) in [6, 6.07) is 1.43. The van der Waals surface area contributed by atoms with Gasteiger partial charge in [0.25, 0.3) is 0 Å². The van der Waals surface area contributed by atoms with Crippen molar-refractivity contribution in [2.24, 2.45) is 0 Å². The summed E-state index contributed by atoms with van der Waals surface area (Å²) in [6.45, 7) is 6.27. The maximum atomic E-state index is 6.07. The fourth-order valence-electron chi connectivity index (χ4n) is 3.24. The van der Waals surface area contributed by atoms with Crippen molar-refractivity contribution in [3.8, 4) is 0 Å². The maximum absolute atomic E-state index is 6.07. The lowest BCUT2D eigenvalue weighted by atomic mass is 10.2. The molecule has 2 unspecified atom stereocenters. The predicted molar refractivity (Wildman–Crippen MR) is 80.0 cm³/mol. The zero-order chi connectivity index (χ0) is 13.5. The van der Waals surface area contributed by atoms with Gasteiger partial charge in [-0.3, -0.25) is 4.90 Å². The summed E-state index contributed by atoms with van der Waals surface area (Å²) in [5, 5.41) is 4.77. The van der Waals surface area contributed by atoms with E-state index in [0.29, 0.717) is 6.04 Å². The van der Waals surface area contributed by atoms with Crippen molar-refractivity contribution in [3.63, 3.8) is 0 Å². The molecule has 0 spiro atoms. The Morgan fingerprint density at radius 2 is 2.30 bits per heavy atom. The number of ether oxygens (including phenoxy) is 1. The van der Waals surface area contributed by atoms with Gasteiger partial charge in [0.15, 0.2) is 0 Å². The third kappa shape index (κ3) is 2.64. The molecule has 1 aromatic rings. The van der Waals surface area contributed by atoms with Gasteiger partial charge >= 0.3 is 0 Å². The molecule has 0 bridgehead atoms. The summed E-state index contributed by atoms with van der Waals surface area (Å²) in [7, 11) is 0. The van der Waals surface area contributed by atoms with Crippen molar-refractivity contribution in [1.82, 2.24) is 15.2 Å². The van der Waals surface area contributed by atoms with Crippen LogP contribution in [0.5, 0.6) is 0 Å². The van der Waals surface area contributed by atoms with E-state index in [2.05, 4.69) is 17.1 Å². The van der Waals surface area contributed by atoms with Crippen LogP contribution in [0.25, 0.3) is 0 Å². The van der Waals surface area contributed by atoms with E-state index >= 15 is 0 Å². The number of hydrogen-bond donors (Lipinski definition) is 1. The zero-order valence-corrected chi connectivity index (χ0v) is 12.9. The topological polar surface area (TPSA) is 37.4 Å². The number of aryl methyl sites for hydroxylation is 1. The minimum atomic E-state index is 0.197. The molecule has 20 heavy (non-hydrogen) atoms. The highest BCUT2D eigenvalue weighted by Crippen LogP contribution is 2.33. The molecule has 110 valence electrons. The lowest BCUT2D eigenvalue weighted by molar-refractivity contribution is -0.0502. The van der Waals surface area contributed by atoms with Crippen molar-refractivity contribution in [1.29, 1.82) is 0 Å². The summed E-state index contributed by atoms with van der Waals surface area (Å²) in [5.74, 6) is 0. The van der Waals surface area contributed by atoms with Gasteiger partial charge in [0.2, 0.25) is 0 Å². The zero-order valence-electron chi connectivity index (χ0n) is 12.1. The maximum Gasteiger partial charge on any atom is 0.123 e. The van der Waals surface area contributed by atoms with Gasteiger partial charge in [-0.05, 0) is 39.2 Å². The normalized spacial score (nSPS) is 30.6. The number of thiazole rings is 1. The second-order valence-electron chi connectivity index (χ2n) is 6.33. The molecule has 0 aromatic carbocycles. The Hall–Kier alpha value is -0.490. The SMILES string of the molecule is Cc1nc(C2CN3CCCC3CO2)sc1CNC1CC1. The Kier molecular flexibility index (Phi) is 3.54. The second-order valence-corrected chi connectivity index (χ2v) is 7.44. The Morgan fingerprint density at radius 3 is 3.15 bits per heavy atom. The highest BCUT2D eigenvalue weighted by Gasteiger charge is 2.34. The summed E-state index contributed by atoms with van der Waals surface area (Å²) in [6.07, 6.45) is 5.51. The molecule has 1 N–H and O–H groups in total. The molecule has 2 saturated heterocycles. The van der Waals surface area contributed by atoms with Crippen LogP contribution in [-0.2, 0) is 11.3 Å². The van der Waals surface area contributed by atoms with E-state index in [1.165, 1.54) is 47.8 Å².